The molecule has 1 fully saturated rings. The van der Waals surface area contributed by atoms with Gasteiger partial charge in [-0.3, -0.25) is 9.36 Å². The predicted molar refractivity (Wildman–Crippen MR) is 138 cm³/mol. The number of furan rings is 1. The van der Waals surface area contributed by atoms with Gasteiger partial charge in [0.15, 0.2) is 22.5 Å². The van der Waals surface area contributed by atoms with Gasteiger partial charge in [-0.1, -0.05) is 30.3 Å². The summed E-state index contributed by atoms with van der Waals surface area (Å²) in [5, 5.41) is 14.4. The molecule has 0 saturated carbocycles. The van der Waals surface area contributed by atoms with Crippen LogP contribution in [0.5, 0.6) is 0 Å². The highest BCUT2D eigenvalue weighted by atomic mass is 32.1. The fraction of sp³-hybridized carbons (Fsp3) is 0.192. The molecule has 0 aliphatic carbocycles. The van der Waals surface area contributed by atoms with Gasteiger partial charge in [0, 0.05) is 36.4 Å². The first-order valence-electron chi connectivity index (χ1n) is 11.7. The molecule has 5 aromatic rings. The number of hydrogen-bond donors (Lipinski definition) is 1. The minimum atomic E-state index is -0.158. The quantitative estimate of drug-likeness (QED) is 0.356. The summed E-state index contributed by atoms with van der Waals surface area (Å²) in [6, 6.07) is 17.5. The lowest BCUT2D eigenvalue weighted by Gasteiger charge is -2.32. The number of piperidine rings is 1. The lowest BCUT2D eigenvalue weighted by molar-refractivity contribution is -0.120. The Bertz CT molecular complexity index is 1450. The molecule has 1 aliphatic heterocycles. The van der Waals surface area contributed by atoms with Crippen molar-refractivity contribution in [1.82, 2.24) is 24.7 Å². The molecule has 36 heavy (non-hydrogen) atoms. The summed E-state index contributed by atoms with van der Waals surface area (Å²) < 4.78 is 7.31. The Balaban J connectivity index is 1.13. The van der Waals surface area contributed by atoms with E-state index >= 15 is 0 Å². The fourth-order valence-corrected chi connectivity index (χ4v) is 5.08. The normalized spacial score (nSPS) is 15.7. The average molecular weight is 498 g/mol. The van der Waals surface area contributed by atoms with E-state index < -0.39 is 0 Å². The minimum Gasteiger partial charge on any atom is -0.463 e. The topological polar surface area (TPSA) is 102 Å². The first-order valence-corrected chi connectivity index (χ1v) is 12.6. The van der Waals surface area contributed by atoms with Gasteiger partial charge in [0.2, 0.25) is 5.91 Å². The maximum absolute atomic E-state index is 13.0. The zero-order chi connectivity index (χ0) is 24.3. The van der Waals surface area contributed by atoms with Crippen LogP contribution in [-0.2, 0) is 4.79 Å². The molecule has 1 amide bonds. The van der Waals surface area contributed by atoms with Crippen LogP contribution in [0.3, 0.4) is 0 Å². The Labute approximate surface area is 211 Å². The number of hydrogen-bond acceptors (Lipinski definition) is 8. The van der Waals surface area contributed by atoms with Crippen LogP contribution in [-0.4, -0.2) is 43.7 Å². The molecule has 1 atom stereocenters. The van der Waals surface area contributed by atoms with E-state index in [2.05, 4.69) is 30.4 Å². The van der Waals surface area contributed by atoms with Crippen molar-refractivity contribution in [3.8, 4) is 28.7 Å². The molecule has 4 aromatic heterocycles. The Morgan fingerprint density at radius 3 is 2.72 bits per heavy atom. The van der Waals surface area contributed by atoms with Gasteiger partial charge >= 0.3 is 0 Å². The molecule has 180 valence electrons. The summed E-state index contributed by atoms with van der Waals surface area (Å²) in [4.78, 5) is 24.1. The summed E-state index contributed by atoms with van der Waals surface area (Å²) in [5.41, 5.74) is 1.73. The number of aromatic nitrogens is 5. The van der Waals surface area contributed by atoms with E-state index in [9.17, 15) is 4.79 Å². The largest absolute Gasteiger partial charge is 0.463 e. The molecule has 1 aromatic carbocycles. The number of benzene rings is 1. The third-order valence-electron chi connectivity index (χ3n) is 6.18. The van der Waals surface area contributed by atoms with Crippen LogP contribution in [0, 0.1) is 5.92 Å². The molecular weight excluding hydrogens is 474 g/mol. The van der Waals surface area contributed by atoms with Crippen molar-refractivity contribution < 1.29 is 9.21 Å². The van der Waals surface area contributed by atoms with Crippen molar-refractivity contribution in [3.05, 3.63) is 78.6 Å². The second-order valence-corrected chi connectivity index (χ2v) is 9.38. The van der Waals surface area contributed by atoms with Crippen LogP contribution in [0.4, 0.5) is 10.9 Å². The number of amides is 1. The van der Waals surface area contributed by atoms with E-state index in [1.54, 1.807) is 12.5 Å². The molecule has 1 N–H and O–H groups in total. The third kappa shape index (κ3) is 4.50. The predicted octanol–water partition coefficient (Wildman–Crippen LogP) is 4.90. The number of thiazole rings is 1. The molecule has 1 unspecified atom stereocenters. The van der Waals surface area contributed by atoms with Crippen molar-refractivity contribution >= 4 is 28.2 Å². The van der Waals surface area contributed by atoms with E-state index in [0.29, 0.717) is 28.9 Å². The molecule has 1 aliphatic rings. The van der Waals surface area contributed by atoms with Crippen LogP contribution >= 0.6 is 11.3 Å². The highest BCUT2D eigenvalue weighted by Gasteiger charge is 2.27. The van der Waals surface area contributed by atoms with Gasteiger partial charge in [0.1, 0.15) is 11.5 Å². The van der Waals surface area contributed by atoms with E-state index in [-0.39, 0.29) is 11.8 Å². The summed E-state index contributed by atoms with van der Waals surface area (Å²) in [7, 11) is 0. The van der Waals surface area contributed by atoms with Gasteiger partial charge in [-0.05, 0) is 37.1 Å². The lowest BCUT2D eigenvalue weighted by atomic mass is 9.97. The summed E-state index contributed by atoms with van der Waals surface area (Å²) in [5.74, 6) is 2.75. The second kappa shape index (κ2) is 9.74. The maximum Gasteiger partial charge on any atom is 0.231 e. The van der Waals surface area contributed by atoms with E-state index in [1.165, 1.54) is 11.3 Å². The number of carbonyl (C=O) groups excluding carboxylic acids is 1. The monoisotopic (exact) mass is 497 g/mol. The molecule has 9 nitrogen and oxygen atoms in total. The van der Waals surface area contributed by atoms with E-state index in [0.717, 1.165) is 36.6 Å². The van der Waals surface area contributed by atoms with Crippen LogP contribution < -0.4 is 10.2 Å². The van der Waals surface area contributed by atoms with Crippen LogP contribution in [0.25, 0.3) is 28.7 Å². The average Bonchev–Trinajstić information content (AvgIpc) is 3.71. The smallest absolute Gasteiger partial charge is 0.231 e. The van der Waals surface area contributed by atoms with E-state index in [4.69, 9.17) is 4.42 Å². The Hall–Kier alpha value is -4.31. The molecule has 0 spiro atoms. The highest BCUT2D eigenvalue weighted by molar-refractivity contribution is 7.14. The maximum atomic E-state index is 13.0. The Kier molecular flexibility index (Phi) is 6.00. The van der Waals surface area contributed by atoms with Crippen molar-refractivity contribution in [3.63, 3.8) is 0 Å². The zero-order valence-corrected chi connectivity index (χ0v) is 20.1. The standard InChI is InChI=1S/C26H23N7O2S/c34-25(29-26-28-20(17-36-26)21-9-5-15-35-21)19-8-4-13-32(16-19)22-10-11-23(31-30-22)33-14-12-27-24(33)18-6-2-1-3-7-18/h1-3,5-7,9-12,14-15,17,19H,4,8,13,16H2,(H,28,29,34). The first kappa shape index (κ1) is 22.2. The third-order valence-corrected chi connectivity index (χ3v) is 6.94. The van der Waals surface area contributed by atoms with E-state index in [1.807, 2.05) is 70.7 Å². The van der Waals surface area contributed by atoms with Gasteiger partial charge < -0.3 is 14.6 Å². The van der Waals surface area contributed by atoms with Gasteiger partial charge in [-0.25, -0.2) is 9.97 Å². The minimum absolute atomic E-state index is 0.0319. The second-order valence-electron chi connectivity index (χ2n) is 8.53. The summed E-state index contributed by atoms with van der Waals surface area (Å²) in [6.45, 7) is 1.41. The SMILES string of the molecule is O=C(Nc1nc(-c2ccco2)cs1)C1CCCN(c2ccc(-n3ccnc3-c3ccccc3)nn2)C1. The number of nitrogens with zero attached hydrogens (tertiary/aromatic N) is 6. The van der Waals surface area contributed by atoms with Crippen molar-refractivity contribution in [1.29, 1.82) is 0 Å². The summed E-state index contributed by atoms with van der Waals surface area (Å²) in [6.07, 6.45) is 6.96. The van der Waals surface area contributed by atoms with Gasteiger partial charge in [0.05, 0.1) is 12.2 Å². The number of anilines is 2. The van der Waals surface area contributed by atoms with Crippen LogP contribution in [0.1, 0.15) is 12.8 Å². The highest BCUT2D eigenvalue weighted by Crippen LogP contribution is 2.28. The van der Waals surface area contributed by atoms with Crippen molar-refractivity contribution in [2.45, 2.75) is 12.8 Å². The molecule has 0 bridgehead atoms. The lowest BCUT2D eigenvalue weighted by Crippen LogP contribution is -2.41. The van der Waals surface area contributed by atoms with Crippen molar-refractivity contribution in [2.75, 3.05) is 23.3 Å². The fourth-order valence-electron chi connectivity index (χ4n) is 4.38. The number of nitrogens with one attached hydrogen (secondary N) is 1. The van der Waals surface area contributed by atoms with Crippen LogP contribution in [0.15, 0.2) is 83.1 Å². The number of imidazole rings is 1. The number of carbonyl (C=O) groups is 1. The molecule has 1 saturated heterocycles. The molecule has 10 heteroatoms. The molecular formula is C26H23N7O2S. The Morgan fingerprint density at radius 2 is 1.92 bits per heavy atom. The first-order chi connectivity index (χ1) is 17.7. The van der Waals surface area contributed by atoms with Crippen LogP contribution in [0.2, 0.25) is 0 Å². The number of rotatable bonds is 6. The Morgan fingerprint density at radius 1 is 1.06 bits per heavy atom. The molecule has 6 rings (SSSR count). The summed E-state index contributed by atoms with van der Waals surface area (Å²) >= 11 is 1.39. The molecule has 5 heterocycles. The van der Waals surface area contributed by atoms with Gasteiger partial charge in [-0.15, -0.1) is 21.5 Å². The van der Waals surface area contributed by atoms with Gasteiger partial charge in [-0.2, -0.15) is 0 Å². The van der Waals surface area contributed by atoms with Crippen molar-refractivity contribution in [2.24, 2.45) is 5.92 Å². The molecule has 0 radical (unpaired) electrons. The zero-order valence-electron chi connectivity index (χ0n) is 19.3. The van der Waals surface area contributed by atoms with Gasteiger partial charge in [0.25, 0.3) is 0 Å².